The minimum absolute atomic E-state index is 0.0395. The number of carbonyl (C=O) groups excluding carboxylic acids is 2. The fourth-order valence-corrected chi connectivity index (χ4v) is 5.29. The Labute approximate surface area is 180 Å². The zero-order valence-electron chi connectivity index (χ0n) is 15.9. The Morgan fingerprint density at radius 1 is 1.14 bits per heavy atom. The second kappa shape index (κ2) is 9.06. The molecular formula is C23H23ClN2O2S. The molecule has 1 aliphatic carbocycles. The summed E-state index contributed by atoms with van der Waals surface area (Å²) in [4.78, 5) is 25.9. The van der Waals surface area contributed by atoms with Crippen LogP contribution < -0.4 is 10.6 Å². The lowest BCUT2D eigenvalue weighted by molar-refractivity contribution is -0.127. The highest BCUT2D eigenvalue weighted by Crippen LogP contribution is 2.39. The molecule has 3 atom stereocenters. The van der Waals surface area contributed by atoms with Crippen LogP contribution in [-0.2, 0) is 16.1 Å². The Hall–Kier alpha value is -2.24. The number of amides is 2. The number of hydrogen-bond acceptors (Lipinski definition) is 3. The molecule has 2 fully saturated rings. The summed E-state index contributed by atoms with van der Waals surface area (Å²) < 4.78 is 0. The molecule has 1 heterocycles. The van der Waals surface area contributed by atoms with E-state index in [0.29, 0.717) is 23.2 Å². The van der Waals surface area contributed by atoms with Crippen molar-refractivity contribution < 1.29 is 9.59 Å². The van der Waals surface area contributed by atoms with Crippen molar-refractivity contribution in [3.63, 3.8) is 0 Å². The Bertz CT molecular complexity index is 914. The molecule has 2 amide bonds. The number of nitrogens with one attached hydrogen (secondary N) is 2. The zero-order valence-corrected chi connectivity index (χ0v) is 17.5. The molecule has 2 aliphatic rings. The van der Waals surface area contributed by atoms with Gasteiger partial charge in [0.2, 0.25) is 5.91 Å². The van der Waals surface area contributed by atoms with E-state index in [1.54, 1.807) is 11.8 Å². The third-order valence-electron chi connectivity index (χ3n) is 5.45. The van der Waals surface area contributed by atoms with E-state index >= 15 is 0 Å². The molecule has 0 bridgehead atoms. The summed E-state index contributed by atoms with van der Waals surface area (Å²) in [6.45, 7) is 0.492. The maximum absolute atomic E-state index is 12.6. The topological polar surface area (TPSA) is 58.2 Å². The normalized spacial score (nSPS) is 25.2. The molecule has 1 aliphatic heterocycles. The van der Waals surface area contributed by atoms with E-state index in [4.69, 9.17) is 11.6 Å². The lowest BCUT2D eigenvalue weighted by Crippen LogP contribution is -2.51. The van der Waals surface area contributed by atoms with Crippen molar-refractivity contribution in [1.82, 2.24) is 10.6 Å². The monoisotopic (exact) mass is 426 g/mol. The number of carbonyl (C=O) groups is 2. The maximum atomic E-state index is 12.6. The van der Waals surface area contributed by atoms with Crippen LogP contribution in [0, 0.1) is 5.92 Å². The summed E-state index contributed by atoms with van der Waals surface area (Å²) in [6, 6.07) is 17.4. The highest BCUT2D eigenvalue weighted by Gasteiger charge is 2.39. The Morgan fingerprint density at radius 2 is 1.90 bits per heavy atom. The molecule has 3 unspecified atom stereocenters. The summed E-state index contributed by atoms with van der Waals surface area (Å²) in [6.07, 6.45) is 4.39. The first-order chi connectivity index (χ1) is 14.1. The van der Waals surface area contributed by atoms with Gasteiger partial charge < -0.3 is 10.6 Å². The van der Waals surface area contributed by atoms with Crippen LogP contribution in [0.15, 0.2) is 59.5 Å². The van der Waals surface area contributed by atoms with Crippen LogP contribution >= 0.6 is 23.4 Å². The van der Waals surface area contributed by atoms with Crippen LogP contribution in [0.5, 0.6) is 0 Å². The van der Waals surface area contributed by atoms with Crippen LogP contribution in [-0.4, -0.2) is 23.1 Å². The van der Waals surface area contributed by atoms with Gasteiger partial charge in [-0.05, 0) is 48.6 Å². The van der Waals surface area contributed by atoms with E-state index in [2.05, 4.69) is 10.6 Å². The van der Waals surface area contributed by atoms with Crippen LogP contribution in [0.2, 0.25) is 5.02 Å². The second-order valence-electron chi connectivity index (χ2n) is 7.51. The lowest BCUT2D eigenvalue weighted by atomic mass is 9.84. The summed E-state index contributed by atoms with van der Waals surface area (Å²) >= 11 is 7.55. The van der Waals surface area contributed by atoms with Crippen molar-refractivity contribution in [2.24, 2.45) is 5.92 Å². The van der Waals surface area contributed by atoms with Crippen molar-refractivity contribution in [3.8, 4) is 0 Å². The molecule has 4 rings (SSSR count). The molecule has 4 nitrogen and oxygen atoms in total. The molecule has 0 spiro atoms. The average molecular weight is 427 g/mol. The van der Waals surface area contributed by atoms with E-state index in [1.165, 1.54) is 0 Å². The standard InChI is InChI=1S/C23H23ClN2O2S/c24-18-9-6-16(7-10-18)14-25-22(27)17-8-11-20-19(13-17)26-23(28)21(29-20)12-15-4-2-1-3-5-15/h1-7,9-10,12,17,19-20H,8,11,13-14H2,(H,25,27)(H,26,28)/b21-12-. The van der Waals surface area contributed by atoms with E-state index < -0.39 is 0 Å². The smallest absolute Gasteiger partial charge is 0.257 e. The van der Waals surface area contributed by atoms with Gasteiger partial charge in [0.15, 0.2) is 0 Å². The predicted octanol–water partition coefficient (Wildman–Crippen LogP) is 4.40. The molecule has 6 heteroatoms. The van der Waals surface area contributed by atoms with Gasteiger partial charge in [0.05, 0.1) is 4.91 Å². The van der Waals surface area contributed by atoms with Crippen molar-refractivity contribution in [1.29, 1.82) is 0 Å². The number of thioether (sulfide) groups is 1. The zero-order chi connectivity index (χ0) is 20.2. The molecule has 150 valence electrons. The Kier molecular flexibility index (Phi) is 6.26. The largest absolute Gasteiger partial charge is 0.352 e. The fourth-order valence-electron chi connectivity index (χ4n) is 3.87. The van der Waals surface area contributed by atoms with Crippen molar-refractivity contribution in [2.75, 3.05) is 0 Å². The SMILES string of the molecule is O=C1NC2CC(C(=O)NCc3ccc(Cl)cc3)CCC2S/C1=C\c1ccccc1. The second-order valence-corrected chi connectivity index (χ2v) is 9.23. The number of benzene rings is 2. The molecule has 1 saturated carbocycles. The van der Waals surface area contributed by atoms with Crippen molar-refractivity contribution in [3.05, 3.63) is 75.7 Å². The summed E-state index contributed by atoms with van der Waals surface area (Å²) in [5, 5.41) is 7.16. The van der Waals surface area contributed by atoms with Crippen LogP contribution in [0.25, 0.3) is 6.08 Å². The molecule has 0 aromatic heterocycles. The summed E-state index contributed by atoms with van der Waals surface area (Å²) in [5.74, 6) is -0.0466. The minimum Gasteiger partial charge on any atom is -0.352 e. The van der Waals surface area contributed by atoms with Gasteiger partial charge in [-0.1, -0.05) is 54.1 Å². The van der Waals surface area contributed by atoms with Gasteiger partial charge in [-0.3, -0.25) is 9.59 Å². The summed E-state index contributed by atoms with van der Waals surface area (Å²) in [5.41, 5.74) is 2.05. The minimum atomic E-state index is -0.0656. The average Bonchev–Trinajstić information content (AvgIpc) is 2.74. The number of hydrogen-bond donors (Lipinski definition) is 2. The van der Waals surface area contributed by atoms with Crippen molar-refractivity contribution >= 4 is 41.3 Å². The first-order valence-electron chi connectivity index (χ1n) is 9.85. The highest BCUT2D eigenvalue weighted by molar-refractivity contribution is 8.04. The third kappa shape index (κ3) is 5.03. The van der Waals surface area contributed by atoms with Gasteiger partial charge in [0.25, 0.3) is 5.91 Å². The quantitative estimate of drug-likeness (QED) is 0.712. The van der Waals surface area contributed by atoms with E-state index in [9.17, 15) is 9.59 Å². The first-order valence-corrected chi connectivity index (χ1v) is 11.1. The van der Waals surface area contributed by atoms with Gasteiger partial charge >= 0.3 is 0 Å². The highest BCUT2D eigenvalue weighted by atomic mass is 35.5. The molecule has 1 saturated heterocycles. The van der Waals surface area contributed by atoms with E-state index in [0.717, 1.165) is 28.9 Å². The molecule has 0 radical (unpaired) electrons. The number of fused-ring (bicyclic) bond motifs is 1. The number of rotatable bonds is 4. The lowest BCUT2D eigenvalue weighted by Gasteiger charge is -2.39. The Balaban J connectivity index is 1.33. The van der Waals surface area contributed by atoms with Crippen LogP contribution in [0.4, 0.5) is 0 Å². The fraction of sp³-hybridized carbons (Fsp3) is 0.304. The molecular weight excluding hydrogens is 404 g/mol. The van der Waals surface area contributed by atoms with Gasteiger partial charge in [0, 0.05) is 28.8 Å². The van der Waals surface area contributed by atoms with Gasteiger partial charge in [-0.2, -0.15) is 0 Å². The maximum Gasteiger partial charge on any atom is 0.257 e. The van der Waals surface area contributed by atoms with Gasteiger partial charge in [-0.25, -0.2) is 0 Å². The van der Waals surface area contributed by atoms with Crippen LogP contribution in [0.3, 0.4) is 0 Å². The predicted molar refractivity (Wildman–Crippen MR) is 118 cm³/mol. The molecule has 29 heavy (non-hydrogen) atoms. The molecule has 2 aromatic rings. The van der Waals surface area contributed by atoms with Gasteiger partial charge in [-0.15, -0.1) is 11.8 Å². The van der Waals surface area contributed by atoms with E-state index in [1.807, 2.05) is 60.7 Å². The first kappa shape index (κ1) is 20.0. The van der Waals surface area contributed by atoms with Crippen molar-refractivity contribution in [2.45, 2.75) is 37.1 Å². The number of halogens is 1. The Morgan fingerprint density at radius 3 is 2.66 bits per heavy atom. The molecule has 2 N–H and O–H groups in total. The van der Waals surface area contributed by atoms with Crippen LogP contribution in [0.1, 0.15) is 30.4 Å². The summed E-state index contributed by atoms with van der Waals surface area (Å²) in [7, 11) is 0. The molecule has 2 aromatic carbocycles. The van der Waals surface area contributed by atoms with Gasteiger partial charge in [0.1, 0.15) is 0 Å². The third-order valence-corrected chi connectivity index (χ3v) is 7.13. The van der Waals surface area contributed by atoms with E-state index in [-0.39, 0.29) is 23.8 Å².